The summed E-state index contributed by atoms with van der Waals surface area (Å²) in [7, 11) is -2.13. The summed E-state index contributed by atoms with van der Waals surface area (Å²) in [6.07, 6.45) is -0.869. The van der Waals surface area contributed by atoms with Crippen molar-refractivity contribution in [1.29, 1.82) is 0 Å². The first-order valence-electron chi connectivity index (χ1n) is 8.56. The van der Waals surface area contributed by atoms with Gasteiger partial charge in [-0.15, -0.1) is 0 Å². The summed E-state index contributed by atoms with van der Waals surface area (Å²) in [6.45, 7) is 5.03. The van der Waals surface area contributed by atoms with Gasteiger partial charge in [0.25, 0.3) is 0 Å². The van der Waals surface area contributed by atoms with E-state index in [1.54, 1.807) is 20.8 Å². The zero-order chi connectivity index (χ0) is 21.8. The number of benzene rings is 1. The molecule has 2 rings (SSSR count). The summed E-state index contributed by atoms with van der Waals surface area (Å²) in [5.74, 6) is -1.60. The fraction of sp³-hybridized carbons (Fsp3) is 0.333. The largest absolute Gasteiger partial charge is 0.707 e. The molecule has 1 heterocycles. The number of nitrogens with one attached hydrogen (secondary N) is 1. The first-order chi connectivity index (χ1) is 13.4. The predicted molar refractivity (Wildman–Crippen MR) is 105 cm³/mol. The fourth-order valence-corrected chi connectivity index (χ4v) is 2.85. The zero-order valence-corrected chi connectivity index (χ0v) is 17.5. The van der Waals surface area contributed by atoms with Gasteiger partial charge in [0.2, 0.25) is 0 Å². The van der Waals surface area contributed by atoms with Crippen molar-refractivity contribution in [3.63, 3.8) is 0 Å². The molecular formula is C18H20BBrF2N2O5. The van der Waals surface area contributed by atoms with Gasteiger partial charge in [0, 0.05) is 6.07 Å². The van der Waals surface area contributed by atoms with Gasteiger partial charge in [-0.05, 0) is 73.0 Å². The third-order valence-corrected chi connectivity index (χ3v) is 3.91. The van der Waals surface area contributed by atoms with E-state index >= 15 is 0 Å². The van der Waals surface area contributed by atoms with Crippen molar-refractivity contribution >= 4 is 29.3 Å². The van der Waals surface area contributed by atoms with Crippen LogP contribution in [-0.4, -0.2) is 34.0 Å². The van der Waals surface area contributed by atoms with E-state index in [1.807, 2.05) is 0 Å². The highest BCUT2D eigenvalue weighted by Gasteiger charge is 2.26. The molecule has 7 nitrogen and oxygen atoms in total. The Bertz CT molecular complexity index is 860. The number of hydrogen-bond donors (Lipinski definition) is 3. The molecule has 1 amide bonds. The Hall–Kier alpha value is -2.24. The number of carbonyl (C=O) groups is 1. The molecular weight excluding hydrogens is 453 g/mol. The normalized spacial score (nSPS) is 12.3. The van der Waals surface area contributed by atoms with Crippen molar-refractivity contribution in [2.45, 2.75) is 38.8 Å². The number of alkyl carbamates (subject to hydrolysis) is 1. The number of hydrogen-bond acceptors (Lipinski definition) is 6. The van der Waals surface area contributed by atoms with E-state index in [-0.39, 0.29) is 23.4 Å². The van der Waals surface area contributed by atoms with Crippen LogP contribution in [0.2, 0.25) is 0 Å². The molecule has 0 aliphatic heterocycles. The van der Waals surface area contributed by atoms with Gasteiger partial charge in [0.1, 0.15) is 33.3 Å². The van der Waals surface area contributed by atoms with Gasteiger partial charge in [-0.25, -0.2) is 18.6 Å². The van der Waals surface area contributed by atoms with Gasteiger partial charge in [0.15, 0.2) is 0 Å². The van der Waals surface area contributed by atoms with Crippen LogP contribution in [-0.2, 0) is 11.2 Å². The van der Waals surface area contributed by atoms with E-state index in [1.165, 1.54) is 12.1 Å². The number of ether oxygens (including phenoxy) is 1. The zero-order valence-electron chi connectivity index (χ0n) is 15.9. The van der Waals surface area contributed by atoms with E-state index < -0.39 is 36.7 Å². The number of rotatable bonds is 6. The molecule has 0 unspecified atom stereocenters. The van der Waals surface area contributed by atoms with E-state index in [0.29, 0.717) is 4.60 Å². The van der Waals surface area contributed by atoms with E-state index in [9.17, 15) is 13.6 Å². The smallest absolute Gasteiger partial charge is 0.510 e. The number of nitrogens with zero attached hydrogens (tertiary/aromatic N) is 1. The standard InChI is InChI=1S/C18H20BBrF2N2O5/c1-18(2,3)28-17(25)23-13(8-10-6-11(21)9-12(22)7-10)16-14(29-19(26)27)4-5-15(20)24-16/h4-7,9,13,26-27H,8H2,1-3H3,(H,23,25)/t13-/m0/s1. The Morgan fingerprint density at radius 2 is 1.86 bits per heavy atom. The van der Waals surface area contributed by atoms with Gasteiger partial charge < -0.3 is 24.8 Å². The molecule has 0 saturated carbocycles. The molecule has 0 fully saturated rings. The summed E-state index contributed by atoms with van der Waals surface area (Å²) in [5, 5.41) is 20.9. The topological polar surface area (TPSA) is 101 Å². The van der Waals surface area contributed by atoms with E-state index in [2.05, 4.69) is 26.2 Å². The highest BCUT2D eigenvalue weighted by atomic mass is 79.9. The summed E-state index contributed by atoms with van der Waals surface area (Å²) < 4.78 is 37.8. The van der Waals surface area contributed by atoms with Crippen LogP contribution < -0.4 is 9.97 Å². The fourth-order valence-electron chi connectivity index (χ4n) is 2.53. The highest BCUT2D eigenvalue weighted by Crippen LogP contribution is 2.29. The molecule has 11 heteroatoms. The number of aromatic nitrogens is 1. The minimum Gasteiger partial charge on any atom is -0.510 e. The lowest BCUT2D eigenvalue weighted by molar-refractivity contribution is 0.0502. The molecule has 1 atom stereocenters. The molecule has 0 spiro atoms. The Morgan fingerprint density at radius 3 is 2.41 bits per heavy atom. The van der Waals surface area contributed by atoms with Crippen molar-refractivity contribution in [2.24, 2.45) is 0 Å². The second kappa shape index (κ2) is 9.51. The minimum absolute atomic E-state index is 0.0406. The molecule has 0 radical (unpaired) electrons. The molecule has 156 valence electrons. The van der Waals surface area contributed by atoms with Crippen molar-refractivity contribution < 1.29 is 33.0 Å². The number of halogens is 3. The lowest BCUT2D eigenvalue weighted by atomic mass is 10.0. The van der Waals surface area contributed by atoms with Crippen molar-refractivity contribution in [1.82, 2.24) is 10.3 Å². The average molecular weight is 473 g/mol. The van der Waals surface area contributed by atoms with Crippen LogP contribution >= 0.6 is 15.9 Å². The van der Waals surface area contributed by atoms with Gasteiger partial charge >= 0.3 is 13.4 Å². The third kappa shape index (κ3) is 7.60. The molecule has 29 heavy (non-hydrogen) atoms. The lowest BCUT2D eigenvalue weighted by Gasteiger charge is -2.25. The summed E-state index contributed by atoms with van der Waals surface area (Å²) in [5.41, 5.74) is -0.450. The quantitative estimate of drug-likeness (QED) is 0.440. The van der Waals surface area contributed by atoms with Gasteiger partial charge in [-0.3, -0.25) is 0 Å². The number of amides is 1. The van der Waals surface area contributed by atoms with Crippen LogP contribution in [0.25, 0.3) is 0 Å². The van der Waals surface area contributed by atoms with Crippen LogP contribution in [0, 0.1) is 11.6 Å². The SMILES string of the molecule is CC(C)(C)OC(=O)N[C@@H](Cc1cc(F)cc(F)c1)c1nc(Br)ccc1OB(O)O. The molecule has 1 aromatic heterocycles. The molecule has 2 aromatic rings. The predicted octanol–water partition coefficient (Wildman–Crippen LogP) is 3.28. The van der Waals surface area contributed by atoms with Crippen LogP contribution in [0.1, 0.15) is 38.1 Å². The average Bonchev–Trinajstić information content (AvgIpc) is 2.52. The Labute approximate surface area is 175 Å². The Morgan fingerprint density at radius 1 is 1.24 bits per heavy atom. The van der Waals surface area contributed by atoms with Gasteiger partial charge in [-0.1, -0.05) is 0 Å². The first-order valence-corrected chi connectivity index (χ1v) is 9.36. The molecule has 0 aliphatic carbocycles. The highest BCUT2D eigenvalue weighted by molar-refractivity contribution is 9.10. The lowest BCUT2D eigenvalue weighted by Crippen LogP contribution is -2.36. The van der Waals surface area contributed by atoms with Crippen LogP contribution in [0.15, 0.2) is 34.9 Å². The molecule has 0 aliphatic rings. The molecule has 3 N–H and O–H groups in total. The van der Waals surface area contributed by atoms with E-state index in [4.69, 9.17) is 19.4 Å². The number of pyridine rings is 1. The summed E-state index contributed by atoms with van der Waals surface area (Å²) >= 11 is 3.20. The van der Waals surface area contributed by atoms with Gasteiger partial charge in [-0.2, -0.15) is 0 Å². The van der Waals surface area contributed by atoms with Crippen LogP contribution in [0.5, 0.6) is 5.75 Å². The van der Waals surface area contributed by atoms with Crippen molar-refractivity contribution in [3.8, 4) is 5.75 Å². The Kier molecular flexibility index (Phi) is 7.56. The Balaban J connectivity index is 2.43. The summed E-state index contributed by atoms with van der Waals surface area (Å²) in [4.78, 5) is 16.6. The maximum atomic E-state index is 13.6. The summed E-state index contributed by atoms with van der Waals surface area (Å²) in [6, 6.07) is 4.90. The molecule has 0 bridgehead atoms. The third-order valence-electron chi connectivity index (χ3n) is 3.47. The maximum Gasteiger partial charge on any atom is 0.707 e. The van der Waals surface area contributed by atoms with Gasteiger partial charge in [0.05, 0.1) is 6.04 Å². The van der Waals surface area contributed by atoms with Crippen LogP contribution in [0.3, 0.4) is 0 Å². The second-order valence-corrected chi connectivity index (χ2v) is 7.95. The monoisotopic (exact) mass is 472 g/mol. The second-order valence-electron chi connectivity index (χ2n) is 7.14. The number of carbonyl (C=O) groups excluding carboxylic acids is 1. The minimum atomic E-state index is -2.13. The van der Waals surface area contributed by atoms with Crippen LogP contribution in [0.4, 0.5) is 13.6 Å². The maximum absolute atomic E-state index is 13.6. The first kappa shape index (κ1) is 23.0. The van der Waals surface area contributed by atoms with Crippen molar-refractivity contribution in [2.75, 3.05) is 0 Å². The van der Waals surface area contributed by atoms with E-state index in [0.717, 1.165) is 18.2 Å². The van der Waals surface area contributed by atoms with Crippen molar-refractivity contribution in [3.05, 3.63) is 57.8 Å². The molecule has 0 saturated heterocycles. The molecule has 1 aromatic carbocycles.